The van der Waals surface area contributed by atoms with E-state index in [-0.39, 0.29) is 17.0 Å². The molecule has 4 rings (SSSR count). The minimum absolute atomic E-state index is 0.0664. The van der Waals surface area contributed by atoms with Gasteiger partial charge in [-0.3, -0.25) is 9.59 Å². The fourth-order valence-electron chi connectivity index (χ4n) is 3.04. The van der Waals surface area contributed by atoms with E-state index in [9.17, 15) is 9.59 Å². The number of nitrogens with one attached hydrogen (secondary N) is 1. The fourth-order valence-corrected chi connectivity index (χ4v) is 4.53. The number of aromatic nitrogens is 1. The molecule has 1 aromatic heterocycles. The van der Waals surface area contributed by atoms with Crippen LogP contribution in [0.3, 0.4) is 0 Å². The highest BCUT2D eigenvalue weighted by molar-refractivity contribution is 7.11. The summed E-state index contributed by atoms with van der Waals surface area (Å²) in [6.45, 7) is 1.77. The fraction of sp³-hybridized carbons (Fsp3) is 0.200. The van der Waals surface area contributed by atoms with Gasteiger partial charge in [0, 0.05) is 13.1 Å². The molecule has 9 heteroatoms. The molecule has 0 radical (unpaired) electrons. The smallest absolute Gasteiger partial charge is 0.280 e. The van der Waals surface area contributed by atoms with Gasteiger partial charge in [0.15, 0.2) is 0 Å². The molecule has 3 aromatic rings. The van der Waals surface area contributed by atoms with Gasteiger partial charge >= 0.3 is 0 Å². The summed E-state index contributed by atoms with van der Waals surface area (Å²) in [7, 11) is 0. The van der Waals surface area contributed by atoms with E-state index in [2.05, 4.69) is 5.32 Å². The molecule has 0 atom stereocenters. The van der Waals surface area contributed by atoms with Gasteiger partial charge in [0.2, 0.25) is 0 Å². The zero-order valence-corrected chi connectivity index (χ0v) is 17.6. The van der Waals surface area contributed by atoms with Crippen molar-refractivity contribution in [3.63, 3.8) is 0 Å². The predicted octanol–water partition coefficient (Wildman–Crippen LogP) is 4.42. The lowest BCUT2D eigenvalue weighted by Crippen LogP contribution is -2.42. The molecular weight excluding hydrogens is 433 g/mol. The Kier molecular flexibility index (Phi) is 5.91. The van der Waals surface area contributed by atoms with Gasteiger partial charge in [-0.05, 0) is 35.8 Å². The molecule has 1 aliphatic heterocycles. The maximum atomic E-state index is 13.2. The Hall–Kier alpha value is -2.32. The lowest BCUT2D eigenvalue weighted by atomic mass is 10.2. The standard InChI is InChI=1S/C20H17Cl2N3O3S/c21-14-7-4-8-15(22)17(14)23-18-16(19(26)24-9-11-28-12-10-24)20(27)25(29-18)13-5-2-1-3-6-13/h1-8,23H,9-12H2. The maximum absolute atomic E-state index is 13.2. The average Bonchev–Trinajstić information content (AvgIpc) is 3.07. The second kappa shape index (κ2) is 8.59. The van der Waals surface area contributed by atoms with Crippen molar-refractivity contribution in [1.29, 1.82) is 0 Å². The Morgan fingerprint density at radius 1 is 1.00 bits per heavy atom. The van der Waals surface area contributed by atoms with Crippen molar-refractivity contribution in [2.45, 2.75) is 0 Å². The van der Waals surface area contributed by atoms with Crippen LogP contribution in [0.2, 0.25) is 10.0 Å². The number of para-hydroxylation sites is 2. The highest BCUT2D eigenvalue weighted by atomic mass is 35.5. The molecule has 0 spiro atoms. The van der Waals surface area contributed by atoms with E-state index in [0.29, 0.717) is 52.7 Å². The third kappa shape index (κ3) is 4.04. The lowest BCUT2D eigenvalue weighted by molar-refractivity contribution is 0.0302. The van der Waals surface area contributed by atoms with Gasteiger partial charge in [-0.25, -0.2) is 3.96 Å². The molecule has 1 saturated heterocycles. The summed E-state index contributed by atoms with van der Waals surface area (Å²) in [6, 6.07) is 14.3. The van der Waals surface area contributed by atoms with Crippen LogP contribution in [0, 0.1) is 0 Å². The maximum Gasteiger partial charge on any atom is 0.280 e. The summed E-state index contributed by atoms with van der Waals surface area (Å²) in [5.41, 5.74) is 0.810. The number of ether oxygens (including phenoxy) is 1. The number of halogens is 2. The zero-order chi connectivity index (χ0) is 20.4. The Bertz CT molecular complexity index is 1070. The molecule has 0 saturated carbocycles. The molecule has 150 valence electrons. The normalized spacial score (nSPS) is 14.1. The molecular formula is C20H17Cl2N3O3S. The quantitative estimate of drug-likeness (QED) is 0.639. The number of morpholine rings is 1. The van der Waals surface area contributed by atoms with E-state index in [1.165, 1.54) is 3.96 Å². The molecule has 0 aliphatic carbocycles. The van der Waals surface area contributed by atoms with E-state index < -0.39 is 0 Å². The summed E-state index contributed by atoms with van der Waals surface area (Å²) in [5, 5.41) is 4.30. The first-order valence-electron chi connectivity index (χ1n) is 8.96. The van der Waals surface area contributed by atoms with Gasteiger partial charge in [-0.1, -0.05) is 47.5 Å². The van der Waals surface area contributed by atoms with Gasteiger partial charge in [0.1, 0.15) is 10.6 Å². The topological polar surface area (TPSA) is 63.6 Å². The minimum atomic E-state index is -0.386. The number of amides is 1. The average molecular weight is 450 g/mol. The van der Waals surface area contributed by atoms with E-state index >= 15 is 0 Å². The number of carbonyl (C=O) groups excluding carboxylic acids is 1. The Morgan fingerprint density at radius 3 is 2.31 bits per heavy atom. The third-order valence-electron chi connectivity index (χ3n) is 4.51. The van der Waals surface area contributed by atoms with Crippen LogP contribution in [0.25, 0.3) is 5.69 Å². The van der Waals surface area contributed by atoms with Crippen molar-refractivity contribution >= 4 is 51.3 Å². The van der Waals surface area contributed by atoms with Crippen LogP contribution in [0.1, 0.15) is 10.4 Å². The van der Waals surface area contributed by atoms with Crippen LogP contribution in [0.5, 0.6) is 0 Å². The van der Waals surface area contributed by atoms with Crippen LogP contribution >= 0.6 is 34.7 Å². The number of benzene rings is 2. The van der Waals surface area contributed by atoms with E-state index in [1.54, 1.807) is 23.1 Å². The molecule has 1 N–H and O–H groups in total. The molecule has 2 aromatic carbocycles. The number of carbonyl (C=O) groups is 1. The van der Waals surface area contributed by atoms with Gasteiger partial charge in [0.05, 0.1) is 34.6 Å². The van der Waals surface area contributed by atoms with E-state index in [1.807, 2.05) is 30.3 Å². The van der Waals surface area contributed by atoms with Crippen LogP contribution < -0.4 is 10.9 Å². The summed E-state index contributed by atoms with van der Waals surface area (Å²) in [5.74, 6) is -0.338. The molecule has 0 bridgehead atoms. The largest absolute Gasteiger partial charge is 0.378 e. The van der Waals surface area contributed by atoms with E-state index in [4.69, 9.17) is 27.9 Å². The minimum Gasteiger partial charge on any atom is -0.378 e. The number of hydrogen-bond donors (Lipinski definition) is 1. The third-order valence-corrected chi connectivity index (χ3v) is 6.19. The zero-order valence-electron chi connectivity index (χ0n) is 15.2. The first-order valence-corrected chi connectivity index (χ1v) is 10.5. The Morgan fingerprint density at radius 2 is 1.66 bits per heavy atom. The highest BCUT2D eigenvalue weighted by Crippen LogP contribution is 2.35. The molecule has 1 aliphatic rings. The molecule has 0 unspecified atom stereocenters. The van der Waals surface area contributed by atoms with Crippen molar-refractivity contribution in [1.82, 2.24) is 8.86 Å². The van der Waals surface area contributed by atoms with Crippen LogP contribution in [0.15, 0.2) is 53.3 Å². The number of anilines is 2. The van der Waals surface area contributed by atoms with Crippen molar-refractivity contribution in [3.8, 4) is 5.69 Å². The molecule has 29 heavy (non-hydrogen) atoms. The van der Waals surface area contributed by atoms with Crippen LogP contribution in [-0.4, -0.2) is 41.1 Å². The van der Waals surface area contributed by atoms with Gasteiger partial charge in [-0.15, -0.1) is 0 Å². The molecule has 6 nitrogen and oxygen atoms in total. The van der Waals surface area contributed by atoms with E-state index in [0.717, 1.165) is 11.5 Å². The summed E-state index contributed by atoms with van der Waals surface area (Å²) in [6.07, 6.45) is 0. The second-order valence-corrected chi connectivity index (χ2v) is 8.13. The number of rotatable bonds is 4. The van der Waals surface area contributed by atoms with Crippen molar-refractivity contribution in [2.24, 2.45) is 0 Å². The number of hydrogen-bond acceptors (Lipinski definition) is 5. The Labute approximate surface area is 181 Å². The van der Waals surface area contributed by atoms with Crippen LogP contribution in [0.4, 0.5) is 10.7 Å². The summed E-state index contributed by atoms with van der Waals surface area (Å²) >= 11 is 13.7. The first-order chi connectivity index (χ1) is 14.1. The number of nitrogens with zero attached hydrogens (tertiary/aromatic N) is 2. The van der Waals surface area contributed by atoms with Crippen molar-refractivity contribution in [3.05, 3.63) is 74.5 Å². The van der Waals surface area contributed by atoms with Crippen LogP contribution in [-0.2, 0) is 4.74 Å². The lowest BCUT2D eigenvalue weighted by Gasteiger charge is -2.26. The Balaban J connectivity index is 1.82. The van der Waals surface area contributed by atoms with Gasteiger partial charge < -0.3 is 15.0 Å². The molecule has 2 heterocycles. The van der Waals surface area contributed by atoms with Crippen molar-refractivity contribution in [2.75, 3.05) is 31.6 Å². The second-order valence-electron chi connectivity index (χ2n) is 6.36. The summed E-state index contributed by atoms with van der Waals surface area (Å²) < 4.78 is 6.81. The monoisotopic (exact) mass is 449 g/mol. The SMILES string of the molecule is O=C(c1c(Nc2c(Cl)cccc2Cl)sn(-c2ccccc2)c1=O)N1CCOCC1. The first kappa shape index (κ1) is 20.0. The summed E-state index contributed by atoms with van der Waals surface area (Å²) in [4.78, 5) is 28.1. The highest BCUT2D eigenvalue weighted by Gasteiger charge is 2.28. The predicted molar refractivity (Wildman–Crippen MR) is 116 cm³/mol. The van der Waals surface area contributed by atoms with Gasteiger partial charge in [-0.2, -0.15) is 0 Å². The molecule has 1 fully saturated rings. The molecule has 1 amide bonds. The van der Waals surface area contributed by atoms with Gasteiger partial charge in [0.25, 0.3) is 11.5 Å². The van der Waals surface area contributed by atoms with Crippen molar-refractivity contribution < 1.29 is 9.53 Å².